The van der Waals surface area contributed by atoms with Crippen molar-refractivity contribution in [3.05, 3.63) is 34.9 Å². The summed E-state index contributed by atoms with van der Waals surface area (Å²) in [5, 5.41) is 0. The first kappa shape index (κ1) is 12.6. The first-order valence-electron chi connectivity index (χ1n) is 6.68. The molecule has 0 aliphatic heterocycles. The standard InChI is InChI=1S/C16H25N/c1-12-8-13(2)10-14(9-12)11-16(17)7-5-6-15(16,3)4/h8-10H,5-7,11,17H2,1-4H3. The van der Waals surface area contributed by atoms with Crippen LogP contribution in [0.5, 0.6) is 0 Å². The van der Waals surface area contributed by atoms with Crippen LogP contribution in [0.15, 0.2) is 18.2 Å². The highest BCUT2D eigenvalue weighted by Crippen LogP contribution is 2.45. The van der Waals surface area contributed by atoms with Crippen LogP contribution >= 0.6 is 0 Å². The second-order valence-electron chi connectivity index (χ2n) is 6.57. The molecule has 1 saturated carbocycles. The lowest BCUT2D eigenvalue weighted by Crippen LogP contribution is -2.50. The molecule has 0 amide bonds. The fraction of sp³-hybridized carbons (Fsp3) is 0.625. The molecule has 1 aliphatic rings. The van der Waals surface area contributed by atoms with Gasteiger partial charge in [0.05, 0.1) is 0 Å². The van der Waals surface area contributed by atoms with E-state index in [4.69, 9.17) is 5.73 Å². The Balaban J connectivity index is 2.26. The SMILES string of the molecule is Cc1cc(C)cc(CC2(N)CCCC2(C)C)c1. The zero-order chi connectivity index (χ0) is 12.7. The van der Waals surface area contributed by atoms with Crippen LogP contribution in [0, 0.1) is 19.3 Å². The lowest BCUT2D eigenvalue weighted by molar-refractivity contribution is 0.207. The number of nitrogens with two attached hydrogens (primary N) is 1. The molecule has 0 radical (unpaired) electrons. The van der Waals surface area contributed by atoms with Crippen molar-refractivity contribution in [3.63, 3.8) is 0 Å². The molecule has 0 aromatic heterocycles. The Morgan fingerprint density at radius 3 is 2.12 bits per heavy atom. The predicted molar refractivity (Wildman–Crippen MR) is 74.2 cm³/mol. The van der Waals surface area contributed by atoms with Gasteiger partial charge in [-0.2, -0.15) is 0 Å². The van der Waals surface area contributed by atoms with Crippen LogP contribution in [-0.4, -0.2) is 5.54 Å². The third-order valence-electron chi connectivity index (χ3n) is 4.57. The Labute approximate surface area is 105 Å². The van der Waals surface area contributed by atoms with Crippen molar-refractivity contribution < 1.29 is 0 Å². The molecule has 0 spiro atoms. The number of hydrogen-bond acceptors (Lipinski definition) is 1. The minimum Gasteiger partial charge on any atom is -0.324 e. The molecule has 0 heterocycles. The van der Waals surface area contributed by atoms with Crippen molar-refractivity contribution in [1.82, 2.24) is 0 Å². The Hall–Kier alpha value is -0.820. The molecule has 1 atom stereocenters. The summed E-state index contributed by atoms with van der Waals surface area (Å²) in [6.45, 7) is 8.98. The summed E-state index contributed by atoms with van der Waals surface area (Å²) < 4.78 is 0. The third kappa shape index (κ3) is 2.40. The summed E-state index contributed by atoms with van der Waals surface area (Å²) in [4.78, 5) is 0. The molecule has 1 aromatic rings. The van der Waals surface area contributed by atoms with Gasteiger partial charge < -0.3 is 5.73 Å². The minimum absolute atomic E-state index is 0.0206. The summed E-state index contributed by atoms with van der Waals surface area (Å²) in [5.74, 6) is 0. The van der Waals surface area contributed by atoms with Crippen molar-refractivity contribution in [2.45, 2.75) is 58.9 Å². The van der Waals surface area contributed by atoms with E-state index in [0.29, 0.717) is 0 Å². The maximum Gasteiger partial charge on any atom is 0.0246 e. The molecule has 1 heteroatoms. The first-order chi connectivity index (χ1) is 7.82. The van der Waals surface area contributed by atoms with Gasteiger partial charge in [-0.3, -0.25) is 0 Å². The molecule has 1 fully saturated rings. The van der Waals surface area contributed by atoms with Gasteiger partial charge in [-0.1, -0.05) is 49.6 Å². The normalized spacial score (nSPS) is 27.4. The highest BCUT2D eigenvalue weighted by atomic mass is 14.8. The van der Waals surface area contributed by atoms with Gasteiger partial charge in [0.25, 0.3) is 0 Å². The van der Waals surface area contributed by atoms with Gasteiger partial charge >= 0.3 is 0 Å². The average molecular weight is 231 g/mol. The van der Waals surface area contributed by atoms with E-state index >= 15 is 0 Å². The van der Waals surface area contributed by atoms with Crippen molar-refractivity contribution in [3.8, 4) is 0 Å². The number of aryl methyl sites for hydroxylation is 2. The molecule has 0 bridgehead atoms. The summed E-state index contributed by atoms with van der Waals surface area (Å²) in [6.07, 6.45) is 4.71. The van der Waals surface area contributed by atoms with E-state index in [1.165, 1.54) is 29.5 Å². The number of benzene rings is 1. The fourth-order valence-electron chi connectivity index (χ4n) is 3.30. The molecular formula is C16H25N. The first-order valence-corrected chi connectivity index (χ1v) is 6.68. The molecule has 1 aliphatic carbocycles. The zero-order valence-corrected chi connectivity index (χ0v) is 11.6. The summed E-state index contributed by atoms with van der Waals surface area (Å²) in [7, 11) is 0. The fourth-order valence-corrected chi connectivity index (χ4v) is 3.30. The monoisotopic (exact) mass is 231 g/mol. The van der Waals surface area contributed by atoms with Gasteiger partial charge in [-0.25, -0.2) is 0 Å². The van der Waals surface area contributed by atoms with E-state index < -0.39 is 0 Å². The average Bonchev–Trinajstić information content (AvgIpc) is 2.38. The molecule has 2 rings (SSSR count). The Kier molecular flexibility index (Phi) is 3.07. The molecule has 1 nitrogen and oxygen atoms in total. The lowest BCUT2D eigenvalue weighted by Gasteiger charge is -2.38. The van der Waals surface area contributed by atoms with Crippen LogP contribution in [0.4, 0.5) is 0 Å². The van der Waals surface area contributed by atoms with Crippen molar-refractivity contribution >= 4 is 0 Å². The van der Waals surface area contributed by atoms with Crippen molar-refractivity contribution in [2.24, 2.45) is 11.1 Å². The molecule has 2 N–H and O–H groups in total. The predicted octanol–water partition coefficient (Wildman–Crippen LogP) is 3.75. The minimum atomic E-state index is -0.0206. The summed E-state index contributed by atoms with van der Waals surface area (Å²) in [6, 6.07) is 6.80. The van der Waals surface area contributed by atoms with Crippen molar-refractivity contribution in [2.75, 3.05) is 0 Å². The van der Waals surface area contributed by atoms with E-state index in [1.54, 1.807) is 0 Å². The second kappa shape index (κ2) is 4.13. The Morgan fingerprint density at radius 2 is 1.65 bits per heavy atom. The van der Waals surface area contributed by atoms with Gasteiger partial charge in [0.1, 0.15) is 0 Å². The quantitative estimate of drug-likeness (QED) is 0.824. The number of hydrogen-bond donors (Lipinski definition) is 1. The van der Waals surface area contributed by atoms with Crippen LogP contribution in [0.25, 0.3) is 0 Å². The van der Waals surface area contributed by atoms with E-state index in [9.17, 15) is 0 Å². The number of rotatable bonds is 2. The largest absolute Gasteiger partial charge is 0.324 e. The Morgan fingerprint density at radius 1 is 1.06 bits per heavy atom. The van der Waals surface area contributed by atoms with Crippen molar-refractivity contribution in [1.29, 1.82) is 0 Å². The molecule has 17 heavy (non-hydrogen) atoms. The summed E-state index contributed by atoms with van der Waals surface area (Å²) in [5.41, 5.74) is 11.0. The third-order valence-corrected chi connectivity index (χ3v) is 4.57. The maximum atomic E-state index is 6.67. The van der Waals surface area contributed by atoms with Crippen LogP contribution in [0.3, 0.4) is 0 Å². The Bertz CT molecular complexity index is 399. The van der Waals surface area contributed by atoms with Gasteiger partial charge in [0, 0.05) is 5.54 Å². The van der Waals surface area contributed by atoms with E-state index in [1.807, 2.05) is 0 Å². The van der Waals surface area contributed by atoms with E-state index in [2.05, 4.69) is 45.9 Å². The van der Waals surface area contributed by atoms with Crippen LogP contribution < -0.4 is 5.73 Å². The highest BCUT2D eigenvalue weighted by molar-refractivity contribution is 5.30. The molecule has 94 valence electrons. The van der Waals surface area contributed by atoms with Gasteiger partial charge in [0.15, 0.2) is 0 Å². The molecule has 1 unspecified atom stereocenters. The molecule has 1 aromatic carbocycles. The van der Waals surface area contributed by atoms with Gasteiger partial charge in [0.2, 0.25) is 0 Å². The highest BCUT2D eigenvalue weighted by Gasteiger charge is 2.45. The maximum absolute atomic E-state index is 6.67. The second-order valence-corrected chi connectivity index (χ2v) is 6.57. The summed E-state index contributed by atoms with van der Waals surface area (Å²) >= 11 is 0. The van der Waals surface area contributed by atoms with Gasteiger partial charge in [-0.05, 0) is 44.1 Å². The van der Waals surface area contributed by atoms with Crippen LogP contribution in [0.1, 0.15) is 49.8 Å². The van der Waals surface area contributed by atoms with E-state index in [0.717, 1.165) is 12.8 Å². The molecular weight excluding hydrogens is 206 g/mol. The molecule has 0 saturated heterocycles. The van der Waals surface area contributed by atoms with Gasteiger partial charge in [-0.15, -0.1) is 0 Å². The van der Waals surface area contributed by atoms with Crippen LogP contribution in [0.2, 0.25) is 0 Å². The van der Waals surface area contributed by atoms with E-state index in [-0.39, 0.29) is 11.0 Å². The zero-order valence-electron chi connectivity index (χ0n) is 11.6. The lowest BCUT2D eigenvalue weighted by atomic mass is 9.72. The van der Waals surface area contributed by atoms with Crippen LogP contribution in [-0.2, 0) is 6.42 Å². The topological polar surface area (TPSA) is 26.0 Å². The smallest absolute Gasteiger partial charge is 0.0246 e.